The summed E-state index contributed by atoms with van der Waals surface area (Å²) in [7, 11) is 0. The Balaban J connectivity index is 1.52. The fourth-order valence-electron chi connectivity index (χ4n) is 4.60. The van der Waals surface area contributed by atoms with E-state index in [-0.39, 0.29) is 35.2 Å². The number of carbonyl (C=O) groups excluding carboxylic acids is 1. The van der Waals surface area contributed by atoms with Gasteiger partial charge in [-0.15, -0.1) is 0 Å². The van der Waals surface area contributed by atoms with Crippen molar-refractivity contribution in [2.45, 2.75) is 18.6 Å². The number of alkyl halides is 3. The SMILES string of the molecule is O=C(O)c1ccccc1C[C@@H]1COC(=O)N1c1ccc2cc(-c3ccccc3C(F)(F)F)[nH]c(=O)c2c1. The zero-order chi connectivity index (χ0) is 26.3. The molecule has 2 heterocycles. The van der Waals surface area contributed by atoms with Crippen LogP contribution in [0, 0.1) is 0 Å². The molecule has 1 fully saturated rings. The van der Waals surface area contributed by atoms with Crippen LogP contribution in [0.5, 0.6) is 0 Å². The highest BCUT2D eigenvalue weighted by Gasteiger charge is 2.36. The van der Waals surface area contributed by atoms with E-state index in [9.17, 15) is 32.7 Å². The van der Waals surface area contributed by atoms with Crippen molar-refractivity contribution in [2.24, 2.45) is 0 Å². The van der Waals surface area contributed by atoms with Crippen molar-refractivity contribution >= 4 is 28.5 Å². The molecule has 2 N–H and O–H groups in total. The number of H-pyrrole nitrogens is 1. The summed E-state index contributed by atoms with van der Waals surface area (Å²) in [5.74, 6) is -1.09. The van der Waals surface area contributed by atoms with E-state index in [1.165, 1.54) is 41.3 Å². The Hall–Kier alpha value is -4.60. The van der Waals surface area contributed by atoms with Gasteiger partial charge in [0.2, 0.25) is 0 Å². The number of pyridine rings is 1. The number of benzene rings is 3. The molecule has 1 aliphatic rings. The number of hydrogen-bond donors (Lipinski definition) is 2. The van der Waals surface area contributed by atoms with Crippen LogP contribution in [0.25, 0.3) is 22.0 Å². The molecule has 0 saturated carbocycles. The molecule has 0 radical (unpaired) electrons. The lowest BCUT2D eigenvalue weighted by Gasteiger charge is -2.22. The number of carboxylic acid groups (broad SMARTS) is 1. The molecule has 37 heavy (non-hydrogen) atoms. The summed E-state index contributed by atoms with van der Waals surface area (Å²) in [4.78, 5) is 41.0. The first-order valence-corrected chi connectivity index (χ1v) is 11.2. The third kappa shape index (κ3) is 4.53. The zero-order valence-corrected chi connectivity index (χ0v) is 19.1. The third-order valence-corrected chi connectivity index (χ3v) is 6.29. The molecule has 1 saturated heterocycles. The van der Waals surface area contributed by atoms with Crippen LogP contribution in [-0.4, -0.2) is 34.8 Å². The molecule has 7 nitrogen and oxygen atoms in total. The number of aromatic nitrogens is 1. The van der Waals surface area contributed by atoms with Crippen molar-refractivity contribution in [1.82, 2.24) is 4.98 Å². The van der Waals surface area contributed by atoms with Crippen molar-refractivity contribution in [3.05, 3.63) is 99.8 Å². The van der Waals surface area contributed by atoms with E-state index in [1.807, 2.05) is 0 Å². The fraction of sp³-hybridized carbons (Fsp3) is 0.148. The van der Waals surface area contributed by atoms with Crippen LogP contribution in [0.3, 0.4) is 0 Å². The van der Waals surface area contributed by atoms with Gasteiger partial charge in [0.05, 0.1) is 17.2 Å². The van der Waals surface area contributed by atoms with Crippen LogP contribution in [0.2, 0.25) is 0 Å². The van der Waals surface area contributed by atoms with Gasteiger partial charge in [-0.2, -0.15) is 13.2 Å². The van der Waals surface area contributed by atoms with Crippen LogP contribution in [0.1, 0.15) is 21.5 Å². The van der Waals surface area contributed by atoms with Gasteiger partial charge in [-0.1, -0.05) is 42.5 Å². The second kappa shape index (κ2) is 9.12. The second-order valence-electron chi connectivity index (χ2n) is 8.59. The summed E-state index contributed by atoms with van der Waals surface area (Å²) in [5.41, 5.74) is -0.641. The van der Waals surface area contributed by atoms with Gasteiger partial charge in [-0.05, 0) is 47.7 Å². The van der Waals surface area contributed by atoms with E-state index in [1.54, 1.807) is 30.3 Å². The maximum absolute atomic E-state index is 13.5. The number of rotatable bonds is 5. The first kappa shape index (κ1) is 24.1. The number of amides is 1. The maximum atomic E-state index is 13.5. The molecule has 4 aromatic rings. The quantitative estimate of drug-likeness (QED) is 0.372. The van der Waals surface area contributed by atoms with Crippen molar-refractivity contribution < 1.29 is 32.6 Å². The van der Waals surface area contributed by atoms with Gasteiger partial charge < -0.3 is 14.8 Å². The first-order valence-electron chi connectivity index (χ1n) is 11.2. The number of aromatic amines is 1. The molecular weight excluding hydrogens is 489 g/mol. The molecule has 1 aliphatic heterocycles. The third-order valence-electron chi connectivity index (χ3n) is 6.29. The lowest BCUT2D eigenvalue weighted by Crippen LogP contribution is -2.35. The second-order valence-corrected chi connectivity index (χ2v) is 8.59. The number of halogens is 3. The van der Waals surface area contributed by atoms with Crippen molar-refractivity contribution in [3.63, 3.8) is 0 Å². The molecule has 5 rings (SSSR count). The van der Waals surface area contributed by atoms with Crippen molar-refractivity contribution in [2.75, 3.05) is 11.5 Å². The predicted molar refractivity (Wildman–Crippen MR) is 130 cm³/mol. The molecule has 1 aromatic heterocycles. The summed E-state index contributed by atoms with van der Waals surface area (Å²) in [6, 6.07) is 16.9. The normalized spacial score (nSPS) is 15.7. The summed E-state index contributed by atoms with van der Waals surface area (Å²) < 4.78 is 45.7. The molecule has 0 bridgehead atoms. The number of cyclic esters (lactones) is 1. The summed E-state index contributed by atoms with van der Waals surface area (Å²) in [6.45, 7) is 0.0222. The van der Waals surface area contributed by atoms with Crippen LogP contribution in [0.4, 0.5) is 23.7 Å². The molecule has 188 valence electrons. The Morgan fingerprint density at radius 1 is 1.03 bits per heavy atom. The number of aromatic carboxylic acids is 1. The van der Waals surface area contributed by atoms with Crippen LogP contribution in [0.15, 0.2) is 77.6 Å². The lowest BCUT2D eigenvalue weighted by molar-refractivity contribution is -0.137. The highest BCUT2D eigenvalue weighted by atomic mass is 19.4. The zero-order valence-electron chi connectivity index (χ0n) is 19.1. The Bertz CT molecular complexity index is 1600. The van der Waals surface area contributed by atoms with Gasteiger partial charge in [-0.25, -0.2) is 9.59 Å². The van der Waals surface area contributed by atoms with Crippen LogP contribution >= 0.6 is 0 Å². The number of fused-ring (bicyclic) bond motifs is 1. The molecular formula is C27H19F3N2O5. The van der Waals surface area contributed by atoms with Gasteiger partial charge in [0, 0.05) is 22.3 Å². The minimum atomic E-state index is -4.60. The van der Waals surface area contributed by atoms with Gasteiger partial charge >= 0.3 is 18.2 Å². The molecule has 1 amide bonds. The summed E-state index contributed by atoms with van der Waals surface area (Å²) >= 11 is 0. The Kier molecular flexibility index (Phi) is 5.94. The highest BCUT2D eigenvalue weighted by molar-refractivity contribution is 5.95. The Morgan fingerprint density at radius 3 is 2.51 bits per heavy atom. The van der Waals surface area contributed by atoms with E-state index >= 15 is 0 Å². The fourth-order valence-corrected chi connectivity index (χ4v) is 4.60. The van der Waals surface area contributed by atoms with E-state index in [2.05, 4.69) is 4.98 Å². The van der Waals surface area contributed by atoms with Crippen molar-refractivity contribution in [1.29, 1.82) is 0 Å². The van der Waals surface area contributed by atoms with E-state index in [4.69, 9.17) is 4.74 Å². The van der Waals surface area contributed by atoms with E-state index in [0.717, 1.165) is 6.07 Å². The number of ether oxygens (including phenoxy) is 1. The van der Waals surface area contributed by atoms with Gasteiger partial charge in [0.15, 0.2) is 0 Å². The minimum absolute atomic E-state index is 0.0157. The predicted octanol–water partition coefficient (Wildman–Crippen LogP) is 5.48. The molecule has 0 spiro atoms. The minimum Gasteiger partial charge on any atom is -0.478 e. The first-order chi connectivity index (χ1) is 17.6. The molecule has 10 heteroatoms. The summed E-state index contributed by atoms with van der Waals surface area (Å²) in [5, 5.41) is 10.0. The number of carbonyl (C=O) groups is 2. The number of nitrogens with zero attached hydrogens (tertiary/aromatic N) is 1. The van der Waals surface area contributed by atoms with Crippen LogP contribution < -0.4 is 10.5 Å². The smallest absolute Gasteiger partial charge is 0.417 e. The van der Waals surface area contributed by atoms with E-state index in [0.29, 0.717) is 16.6 Å². The Labute approximate surface area is 207 Å². The number of carboxylic acids is 1. The monoisotopic (exact) mass is 508 g/mol. The highest BCUT2D eigenvalue weighted by Crippen LogP contribution is 2.37. The Morgan fingerprint density at radius 2 is 1.76 bits per heavy atom. The van der Waals surface area contributed by atoms with Gasteiger partial charge in [-0.3, -0.25) is 9.69 Å². The standard InChI is InChI=1S/C27H19F3N2O5/c28-27(29,30)22-8-4-3-7-20(22)23-12-16-9-10-17(13-21(16)24(33)31-23)32-18(14-37-26(32)36)11-15-5-1-2-6-19(15)25(34)35/h1-10,12-13,18H,11,14H2,(H,31,33)(H,34,35)/t18-/m1/s1. The summed E-state index contributed by atoms with van der Waals surface area (Å²) in [6.07, 6.45) is -5.05. The average molecular weight is 508 g/mol. The largest absolute Gasteiger partial charge is 0.478 e. The molecule has 3 aromatic carbocycles. The number of nitrogens with one attached hydrogen (secondary N) is 1. The lowest BCUT2D eigenvalue weighted by atomic mass is 9.99. The van der Waals surface area contributed by atoms with Crippen LogP contribution in [-0.2, 0) is 17.3 Å². The van der Waals surface area contributed by atoms with Crippen molar-refractivity contribution in [3.8, 4) is 11.3 Å². The average Bonchev–Trinajstić information content (AvgIpc) is 3.23. The molecule has 1 atom stereocenters. The van der Waals surface area contributed by atoms with E-state index < -0.39 is 35.4 Å². The number of hydrogen-bond acceptors (Lipinski definition) is 4. The number of anilines is 1. The van der Waals surface area contributed by atoms with Gasteiger partial charge in [0.1, 0.15) is 6.61 Å². The van der Waals surface area contributed by atoms with Gasteiger partial charge in [0.25, 0.3) is 5.56 Å². The molecule has 0 aliphatic carbocycles. The topological polar surface area (TPSA) is 99.7 Å². The maximum Gasteiger partial charge on any atom is 0.417 e. The molecule has 0 unspecified atom stereocenters.